The highest BCUT2D eigenvalue weighted by atomic mass is 16.7. The molecule has 2 saturated heterocycles. The van der Waals surface area contributed by atoms with Gasteiger partial charge in [-0.05, 0) is 37.8 Å². The lowest BCUT2D eigenvalue weighted by molar-refractivity contribution is -0.171. The van der Waals surface area contributed by atoms with Crippen molar-refractivity contribution in [3.8, 4) is 0 Å². The predicted molar refractivity (Wildman–Crippen MR) is 101 cm³/mol. The molecule has 0 aliphatic carbocycles. The minimum atomic E-state index is -0.801. The topological polar surface area (TPSA) is 105 Å². The van der Waals surface area contributed by atoms with E-state index in [4.69, 9.17) is 9.68 Å². The van der Waals surface area contributed by atoms with E-state index < -0.39 is 17.9 Å². The molecule has 2 fully saturated rings. The van der Waals surface area contributed by atoms with Crippen LogP contribution in [0.4, 0.5) is 4.79 Å². The van der Waals surface area contributed by atoms with Crippen molar-refractivity contribution in [1.82, 2.24) is 15.4 Å². The zero-order valence-electron chi connectivity index (χ0n) is 16.2. The zero-order chi connectivity index (χ0) is 20.6. The van der Waals surface area contributed by atoms with E-state index in [-0.39, 0.29) is 24.9 Å². The number of amides is 3. The highest BCUT2D eigenvalue weighted by molar-refractivity contribution is 6.01. The van der Waals surface area contributed by atoms with Crippen LogP contribution in [0.2, 0.25) is 0 Å². The zero-order valence-corrected chi connectivity index (χ0v) is 16.2. The first kappa shape index (κ1) is 20.8. The third-order valence-electron chi connectivity index (χ3n) is 4.89. The Morgan fingerprint density at radius 3 is 2.28 bits per heavy atom. The van der Waals surface area contributed by atoms with Gasteiger partial charge in [-0.2, -0.15) is 0 Å². The summed E-state index contributed by atoms with van der Waals surface area (Å²) in [6.45, 7) is 1.17. The van der Waals surface area contributed by atoms with Crippen LogP contribution in [-0.2, 0) is 19.3 Å². The number of hydrogen-bond acceptors (Lipinski definition) is 7. The first-order valence-corrected chi connectivity index (χ1v) is 9.89. The van der Waals surface area contributed by atoms with Gasteiger partial charge in [0.15, 0.2) is 0 Å². The number of hydroxylamine groups is 4. The van der Waals surface area contributed by atoms with Gasteiger partial charge in [0.1, 0.15) is 0 Å². The van der Waals surface area contributed by atoms with Crippen LogP contribution < -0.4 is 5.32 Å². The van der Waals surface area contributed by atoms with Gasteiger partial charge in [-0.15, -0.1) is 10.1 Å². The summed E-state index contributed by atoms with van der Waals surface area (Å²) in [6.07, 6.45) is 3.05. The Bertz CT molecular complexity index is 738. The van der Waals surface area contributed by atoms with Gasteiger partial charge in [-0.1, -0.05) is 24.6 Å². The Hall–Kier alpha value is -2.94. The second-order valence-corrected chi connectivity index (χ2v) is 7.11. The van der Waals surface area contributed by atoms with Crippen molar-refractivity contribution in [3.63, 3.8) is 0 Å². The van der Waals surface area contributed by atoms with Gasteiger partial charge >= 0.3 is 12.1 Å². The molecule has 3 rings (SSSR count). The molecule has 9 heteroatoms. The van der Waals surface area contributed by atoms with Gasteiger partial charge in [-0.3, -0.25) is 9.59 Å². The van der Waals surface area contributed by atoms with Gasteiger partial charge in [-0.25, -0.2) is 9.59 Å². The first-order valence-electron chi connectivity index (χ1n) is 9.89. The van der Waals surface area contributed by atoms with Crippen LogP contribution in [0.5, 0.6) is 0 Å². The molecule has 2 aliphatic rings. The Morgan fingerprint density at radius 2 is 1.55 bits per heavy atom. The maximum Gasteiger partial charge on any atom is 0.432 e. The molecular weight excluding hydrogens is 378 g/mol. The largest absolute Gasteiger partial charge is 0.432 e. The fraction of sp³-hybridized carbons (Fsp3) is 0.500. The molecule has 0 saturated carbocycles. The van der Waals surface area contributed by atoms with Crippen LogP contribution in [-0.4, -0.2) is 53.1 Å². The first-order chi connectivity index (χ1) is 14.0. The molecule has 0 bridgehead atoms. The van der Waals surface area contributed by atoms with Crippen LogP contribution in [0.3, 0.4) is 0 Å². The molecule has 1 aromatic rings. The number of carbonyl (C=O) groups is 4. The number of hydrogen-bond donors (Lipinski definition) is 1. The van der Waals surface area contributed by atoms with Crippen molar-refractivity contribution < 1.29 is 28.9 Å². The second kappa shape index (κ2) is 10.0. The van der Waals surface area contributed by atoms with Gasteiger partial charge in [0, 0.05) is 32.0 Å². The third kappa shape index (κ3) is 6.02. The quantitative estimate of drug-likeness (QED) is 0.768. The Labute approximate surface area is 168 Å². The highest BCUT2D eigenvalue weighted by Crippen LogP contribution is 2.16. The van der Waals surface area contributed by atoms with E-state index in [1.54, 1.807) is 29.3 Å². The van der Waals surface area contributed by atoms with Crippen molar-refractivity contribution in [1.29, 1.82) is 0 Å². The number of rotatable bonds is 4. The maximum absolute atomic E-state index is 12.2. The summed E-state index contributed by atoms with van der Waals surface area (Å²) >= 11 is 0. The lowest BCUT2D eigenvalue weighted by Gasteiger charge is -2.21. The summed E-state index contributed by atoms with van der Waals surface area (Å²) < 4.78 is 0. The molecule has 1 N–H and O–H groups in total. The highest BCUT2D eigenvalue weighted by Gasteiger charge is 2.33. The summed E-state index contributed by atoms with van der Waals surface area (Å²) in [7, 11) is 0. The summed E-state index contributed by atoms with van der Waals surface area (Å²) in [5.74, 6) is -1.39. The Balaban J connectivity index is 1.45. The van der Waals surface area contributed by atoms with Crippen LogP contribution in [0, 0.1) is 0 Å². The molecule has 0 spiro atoms. The Kier molecular flexibility index (Phi) is 7.18. The molecule has 0 aromatic heterocycles. The van der Waals surface area contributed by atoms with Crippen molar-refractivity contribution in [3.05, 3.63) is 35.9 Å². The third-order valence-corrected chi connectivity index (χ3v) is 4.89. The number of carbonyl (C=O) groups excluding carboxylic acids is 4. The molecule has 29 heavy (non-hydrogen) atoms. The molecule has 3 amide bonds. The van der Waals surface area contributed by atoms with Crippen molar-refractivity contribution >= 4 is 23.9 Å². The Morgan fingerprint density at radius 1 is 0.897 bits per heavy atom. The average molecular weight is 403 g/mol. The van der Waals surface area contributed by atoms with E-state index in [1.165, 1.54) is 0 Å². The van der Waals surface area contributed by atoms with E-state index in [0.29, 0.717) is 36.6 Å². The van der Waals surface area contributed by atoms with Crippen LogP contribution in [0.25, 0.3) is 0 Å². The van der Waals surface area contributed by atoms with Gasteiger partial charge in [0.2, 0.25) is 0 Å². The minimum absolute atomic E-state index is 0.0626. The standard InChI is InChI=1S/C20H25N3O6/c24-17-11-12-18(25)23(17)29-20(27)21-16-9-4-5-13-22(14-6-10-16)28-19(26)15-7-2-1-3-8-15/h1-3,7-8,16H,4-6,9-14H2,(H,21,27). The normalized spacial score (nSPS) is 21.1. The van der Waals surface area contributed by atoms with Crippen LogP contribution in [0.1, 0.15) is 55.3 Å². The molecule has 0 radical (unpaired) electrons. The number of imide groups is 1. The average Bonchev–Trinajstić information content (AvgIpc) is 3.07. The molecular formula is C20H25N3O6. The minimum Gasteiger partial charge on any atom is -0.364 e. The lowest BCUT2D eigenvalue weighted by atomic mass is 10.1. The molecule has 9 nitrogen and oxygen atoms in total. The summed E-state index contributed by atoms with van der Waals surface area (Å²) in [5, 5.41) is 4.93. The predicted octanol–water partition coefficient (Wildman–Crippen LogP) is 2.18. The number of nitrogens with one attached hydrogen (secondary N) is 1. The monoisotopic (exact) mass is 403 g/mol. The van der Waals surface area contributed by atoms with E-state index in [0.717, 1.165) is 19.3 Å². The van der Waals surface area contributed by atoms with Gasteiger partial charge in [0.05, 0.1) is 5.56 Å². The smallest absolute Gasteiger partial charge is 0.364 e. The molecule has 1 unspecified atom stereocenters. The molecule has 1 atom stereocenters. The fourth-order valence-electron chi connectivity index (χ4n) is 3.36. The van der Waals surface area contributed by atoms with Crippen molar-refractivity contribution in [2.24, 2.45) is 0 Å². The summed E-state index contributed by atoms with van der Waals surface area (Å²) in [6, 6.07) is 8.69. The molecule has 1 aromatic carbocycles. The summed E-state index contributed by atoms with van der Waals surface area (Å²) in [5.41, 5.74) is 0.501. The van der Waals surface area contributed by atoms with Crippen molar-refractivity contribution in [2.75, 3.05) is 13.1 Å². The number of nitrogens with zero attached hydrogens (tertiary/aromatic N) is 2. The van der Waals surface area contributed by atoms with Crippen LogP contribution in [0.15, 0.2) is 30.3 Å². The molecule has 156 valence electrons. The van der Waals surface area contributed by atoms with E-state index in [2.05, 4.69) is 5.32 Å². The second-order valence-electron chi connectivity index (χ2n) is 7.11. The SMILES string of the molecule is O=C(NC1CCCCN(OC(=O)c2ccccc2)CCC1)ON1C(=O)CCC1=O. The van der Waals surface area contributed by atoms with E-state index in [1.807, 2.05) is 6.07 Å². The van der Waals surface area contributed by atoms with E-state index >= 15 is 0 Å². The van der Waals surface area contributed by atoms with Gasteiger partial charge in [0.25, 0.3) is 11.8 Å². The molecule has 2 aliphatic heterocycles. The van der Waals surface area contributed by atoms with Crippen molar-refractivity contribution in [2.45, 2.75) is 51.0 Å². The van der Waals surface area contributed by atoms with Crippen LogP contribution >= 0.6 is 0 Å². The number of benzene rings is 1. The fourth-order valence-corrected chi connectivity index (χ4v) is 3.36. The van der Waals surface area contributed by atoms with Gasteiger partial charge < -0.3 is 15.0 Å². The summed E-state index contributed by atoms with van der Waals surface area (Å²) in [4.78, 5) is 57.7. The lowest BCUT2D eigenvalue weighted by Crippen LogP contribution is -2.41. The maximum atomic E-state index is 12.2. The molecule has 2 heterocycles. The van der Waals surface area contributed by atoms with E-state index in [9.17, 15) is 19.2 Å².